The minimum atomic E-state index is -1.26. The van der Waals surface area contributed by atoms with Gasteiger partial charge in [0.15, 0.2) is 11.6 Å². The quantitative estimate of drug-likeness (QED) is 0.810. The molecule has 2 rings (SSSR count). The summed E-state index contributed by atoms with van der Waals surface area (Å²) in [6, 6.07) is 1.23. The minimum absolute atomic E-state index is 0.0335. The van der Waals surface area contributed by atoms with Gasteiger partial charge in [-0.25, -0.2) is 13.2 Å². The molecular formula is C11H9F3O2. The van der Waals surface area contributed by atoms with Crippen LogP contribution in [0, 0.1) is 17.5 Å². The first-order valence-electron chi connectivity index (χ1n) is 4.81. The molecule has 0 atom stereocenters. The minimum Gasteiger partial charge on any atom is -0.481 e. The highest BCUT2D eigenvalue weighted by Crippen LogP contribution is 2.52. The normalized spacial score (nSPS) is 17.2. The van der Waals surface area contributed by atoms with E-state index in [-0.39, 0.29) is 12.0 Å². The van der Waals surface area contributed by atoms with Gasteiger partial charge in [-0.3, -0.25) is 4.79 Å². The van der Waals surface area contributed by atoms with E-state index in [1.54, 1.807) is 0 Å². The molecule has 2 nitrogen and oxygen atoms in total. The van der Waals surface area contributed by atoms with E-state index in [2.05, 4.69) is 0 Å². The summed E-state index contributed by atoms with van der Waals surface area (Å²) in [6.45, 7) is 0. The van der Waals surface area contributed by atoms with E-state index in [1.165, 1.54) is 0 Å². The molecule has 0 bridgehead atoms. The number of carboxylic acid groups (broad SMARTS) is 1. The maximum Gasteiger partial charge on any atom is 0.304 e. The second-order valence-corrected chi connectivity index (χ2v) is 4.10. The summed E-state index contributed by atoms with van der Waals surface area (Å²) in [4.78, 5) is 10.6. The van der Waals surface area contributed by atoms with Gasteiger partial charge in [0.05, 0.1) is 6.42 Å². The molecule has 1 fully saturated rings. The Hall–Kier alpha value is -1.52. The number of aliphatic carboxylic acids is 1. The average Bonchev–Trinajstić information content (AvgIpc) is 2.91. The number of halogens is 3. The van der Waals surface area contributed by atoms with E-state index < -0.39 is 28.8 Å². The Morgan fingerprint density at radius 2 is 1.75 bits per heavy atom. The molecule has 86 valence electrons. The zero-order valence-electron chi connectivity index (χ0n) is 8.27. The largest absolute Gasteiger partial charge is 0.481 e. The van der Waals surface area contributed by atoms with Crippen molar-refractivity contribution in [3.63, 3.8) is 0 Å². The molecule has 0 aromatic heterocycles. The molecule has 0 amide bonds. The zero-order chi connectivity index (χ0) is 11.9. The fourth-order valence-corrected chi connectivity index (χ4v) is 1.91. The first-order chi connectivity index (χ1) is 7.44. The zero-order valence-corrected chi connectivity index (χ0v) is 8.27. The third kappa shape index (κ3) is 1.77. The van der Waals surface area contributed by atoms with E-state index in [9.17, 15) is 18.0 Å². The molecule has 0 radical (unpaired) electrons. The first kappa shape index (κ1) is 11.0. The summed E-state index contributed by atoms with van der Waals surface area (Å²) in [7, 11) is 0. The van der Waals surface area contributed by atoms with Crippen molar-refractivity contribution in [2.45, 2.75) is 24.7 Å². The lowest BCUT2D eigenvalue weighted by Crippen LogP contribution is -2.15. The fraction of sp³-hybridized carbons (Fsp3) is 0.364. The van der Waals surface area contributed by atoms with Crippen LogP contribution in [0.2, 0.25) is 0 Å². The lowest BCUT2D eigenvalue weighted by Gasteiger charge is -2.14. The van der Waals surface area contributed by atoms with Gasteiger partial charge in [0.2, 0.25) is 0 Å². The summed E-state index contributed by atoms with van der Waals surface area (Å²) in [5, 5.41) is 8.67. The highest BCUT2D eigenvalue weighted by molar-refractivity contribution is 5.70. The van der Waals surface area contributed by atoms with Crippen LogP contribution < -0.4 is 0 Å². The van der Waals surface area contributed by atoms with Crippen LogP contribution in [0.1, 0.15) is 24.8 Å². The topological polar surface area (TPSA) is 37.3 Å². The molecule has 5 heteroatoms. The van der Waals surface area contributed by atoms with Crippen LogP contribution in [0.15, 0.2) is 12.1 Å². The maximum absolute atomic E-state index is 13.4. The van der Waals surface area contributed by atoms with E-state index >= 15 is 0 Å². The maximum atomic E-state index is 13.4. The van der Waals surface area contributed by atoms with Crippen molar-refractivity contribution in [3.8, 4) is 0 Å². The van der Waals surface area contributed by atoms with Gasteiger partial charge in [-0.1, -0.05) is 0 Å². The molecule has 1 aromatic carbocycles. The van der Waals surface area contributed by atoms with Crippen LogP contribution >= 0.6 is 0 Å². The highest BCUT2D eigenvalue weighted by Gasteiger charge is 2.48. The smallest absolute Gasteiger partial charge is 0.304 e. The van der Waals surface area contributed by atoms with Crippen LogP contribution in [-0.4, -0.2) is 11.1 Å². The third-order valence-electron chi connectivity index (χ3n) is 2.92. The Kier molecular flexibility index (Phi) is 2.40. The van der Waals surface area contributed by atoms with Crippen molar-refractivity contribution in [3.05, 3.63) is 35.1 Å². The van der Waals surface area contributed by atoms with Crippen molar-refractivity contribution in [1.29, 1.82) is 0 Å². The molecule has 1 N–H and O–H groups in total. The first-order valence-corrected chi connectivity index (χ1v) is 4.81. The molecule has 0 unspecified atom stereocenters. The summed E-state index contributed by atoms with van der Waals surface area (Å²) in [6.07, 6.45) is 0.720. The van der Waals surface area contributed by atoms with Gasteiger partial charge in [-0.15, -0.1) is 0 Å². The Morgan fingerprint density at radius 1 is 1.19 bits per heavy atom. The predicted molar refractivity (Wildman–Crippen MR) is 49.5 cm³/mol. The van der Waals surface area contributed by atoms with E-state index in [4.69, 9.17) is 5.11 Å². The van der Waals surface area contributed by atoms with E-state index in [0.717, 1.165) is 6.07 Å². The second kappa shape index (κ2) is 3.50. The fourth-order valence-electron chi connectivity index (χ4n) is 1.91. The number of carboxylic acids is 1. The molecule has 0 heterocycles. The molecule has 1 aliphatic carbocycles. The highest BCUT2D eigenvalue weighted by atomic mass is 19.2. The van der Waals surface area contributed by atoms with Gasteiger partial charge >= 0.3 is 5.97 Å². The number of rotatable bonds is 3. The Balaban J connectivity index is 2.41. The van der Waals surface area contributed by atoms with E-state index in [1.807, 2.05) is 0 Å². The number of hydrogen-bond donors (Lipinski definition) is 1. The molecule has 1 aromatic rings. The van der Waals surface area contributed by atoms with Crippen molar-refractivity contribution in [2.75, 3.05) is 0 Å². The number of hydrogen-bond acceptors (Lipinski definition) is 1. The number of benzene rings is 1. The molecule has 1 saturated carbocycles. The molecule has 0 aliphatic heterocycles. The summed E-state index contributed by atoms with van der Waals surface area (Å²) < 4.78 is 39.1. The SMILES string of the molecule is O=C(O)CC1(c2cc(F)c(F)cc2F)CC1. The van der Waals surface area contributed by atoms with Crippen LogP contribution in [0.4, 0.5) is 13.2 Å². The monoisotopic (exact) mass is 230 g/mol. The van der Waals surface area contributed by atoms with Gasteiger partial charge in [-0.2, -0.15) is 0 Å². The van der Waals surface area contributed by atoms with Gasteiger partial charge < -0.3 is 5.11 Å². The molecular weight excluding hydrogens is 221 g/mol. The standard InChI is InChI=1S/C11H9F3O2/c12-7-4-9(14)8(13)3-6(7)11(1-2-11)5-10(15)16/h3-4H,1-2,5H2,(H,15,16). The van der Waals surface area contributed by atoms with Crippen molar-refractivity contribution >= 4 is 5.97 Å². The van der Waals surface area contributed by atoms with Crippen molar-refractivity contribution in [1.82, 2.24) is 0 Å². The van der Waals surface area contributed by atoms with Crippen molar-refractivity contribution in [2.24, 2.45) is 0 Å². The van der Waals surface area contributed by atoms with Crippen LogP contribution in [-0.2, 0) is 10.2 Å². The summed E-state index contributed by atoms with van der Waals surface area (Å²) in [5.41, 5.74) is -0.876. The van der Waals surface area contributed by atoms with Crippen LogP contribution in [0.3, 0.4) is 0 Å². The molecule has 0 saturated heterocycles. The van der Waals surface area contributed by atoms with Gasteiger partial charge in [0.1, 0.15) is 5.82 Å². The predicted octanol–water partition coefficient (Wildman–Crippen LogP) is 2.61. The third-order valence-corrected chi connectivity index (χ3v) is 2.92. The van der Waals surface area contributed by atoms with Gasteiger partial charge in [0.25, 0.3) is 0 Å². The van der Waals surface area contributed by atoms with Crippen molar-refractivity contribution < 1.29 is 23.1 Å². The lowest BCUT2D eigenvalue weighted by atomic mass is 9.92. The number of carbonyl (C=O) groups is 1. The average molecular weight is 230 g/mol. The summed E-state index contributed by atoms with van der Waals surface area (Å²) >= 11 is 0. The van der Waals surface area contributed by atoms with Crippen LogP contribution in [0.5, 0.6) is 0 Å². The Bertz CT molecular complexity index is 453. The molecule has 1 aliphatic rings. The molecule has 16 heavy (non-hydrogen) atoms. The second-order valence-electron chi connectivity index (χ2n) is 4.10. The lowest BCUT2D eigenvalue weighted by molar-refractivity contribution is -0.137. The van der Waals surface area contributed by atoms with Gasteiger partial charge in [-0.05, 0) is 24.5 Å². The Labute approximate surface area is 89.7 Å². The Morgan fingerprint density at radius 3 is 2.25 bits per heavy atom. The molecule has 0 spiro atoms. The van der Waals surface area contributed by atoms with E-state index in [0.29, 0.717) is 18.9 Å². The van der Waals surface area contributed by atoms with Crippen LogP contribution in [0.25, 0.3) is 0 Å². The summed E-state index contributed by atoms with van der Waals surface area (Å²) in [5.74, 6) is -4.35. The van der Waals surface area contributed by atoms with Gasteiger partial charge in [0, 0.05) is 11.5 Å².